The topological polar surface area (TPSA) is 134 Å². The Morgan fingerprint density at radius 1 is 1.07 bits per heavy atom. The van der Waals surface area contributed by atoms with E-state index in [2.05, 4.69) is 10.1 Å². The molecule has 0 amide bonds. The van der Waals surface area contributed by atoms with E-state index in [0.29, 0.717) is 46.4 Å². The first-order chi connectivity index (χ1) is 21.1. The normalized spacial score (nSPS) is 15.1. The number of furan rings is 1. The summed E-state index contributed by atoms with van der Waals surface area (Å²) in [5.41, 5.74) is 9.61. The number of hydrogen-bond acceptors (Lipinski definition) is 8. The van der Waals surface area contributed by atoms with Crippen molar-refractivity contribution in [2.24, 2.45) is 0 Å². The number of nitrogens with two attached hydrogens (primary N) is 1. The van der Waals surface area contributed by atoms with E-state index in [1.165, 1.54) is 48.7 Å². The minimum atomic E-state index is -5.01. The van der Waals surface area contributed by atoms with E-state index in [0.717, 1.165) is 18.4 Å². The van der Waals surface area contributed by atoms with Crippen molar-refractivity contribution < 1.29 is 35.5 Å². The molecular formula is C30H28F3N5O5S. The van der Waals surface area contributed by atoms with Gasteiger partial charge in [0.05, 0.1) is 29.6 Å². The van der Waals surface area contributed by atoms with E-state index in [-0.39, 0.29) is 23.3 Å². The average molecular weight is 628 g/mol. The summed E-state index contributed by atoms with van der Waals surface area (Å²) in [4.78, 5) is 4.39. The molecule has 0 spiro atoms. The average Bonchev–Trinajstić information content (AvgIpc) is 3.68. The highest BCUT2D eigenvalue weighted by molar-refractivity contribution is 7.93. The molecule has 44 heavy (non-hydrogen) atoms. The minimum absolute atomic E-state index is 0.0432. The molecular weight excluding hydrogens is 599 g/mol. The second kappa shape index (κ2) is 11.8. The van der Waals surface area contributed by atoms with Gasteiger partial charge in [0.2, 0.25) is 0 Å². The number of sulfonamides is 1. The predicted molar refractivity (Wildman–Crippen MR) is 158 cm³/mol. The molecule has 4 heterocycles. The van der Waals surface area contributed by atoms with Crippen LogP contribution in [0.2, 0.25) is 0 Å². The largest absolute Gasteiger partial charge is 0.484 e. The number of nitrogen functional groups attached to an aromatic ring is 1. The van der Waals surface area contributed by atoms with E-state index >= 15 is 0 Å². The fraction of sp³-hybridized carbons (Fsp3) is 0.267. The van der Waals surface area contributed by atoms with Crippen molar-refractivity contribution in [1.82, 2.24) is 14.8 Å². The highest BCUT2D eigenvalue weighted by Crippen LogP contribution is 2.42. The summed E-state index contributed by atoms with van der Waals surface area (Å²) in [6.45, 7) is 3.00. The van der Waals surface area contributed by atoms with Crippen LogP contribution in [0, 0.1) is 5.82 Å². The standard InChI is InChI=1S/C30H28F3N5O5S/c1-17(18-2-5-21(31)6-3-18)43-26-12-19(4-7-25(26)37-44(39,40)30(32)33)24-16-42-28-23(14-35-29(34)27(24)28)20-13-36-38(15-20)22-8-10-41-11-9-22/h2-7,12-17,22,30,37H,8-11H2,1H3,(H2,34,35)/t17-/m0/s1. The number of alkyl halides is 2. The Kier molecular flexibility index (Phi) is 7.95. The Balaban J connectivity index is 1.39. The predicted octanol–water partition coefficient (Wildman–Crippen LogP) is 6.54. The quantitative estimate of drug-likeness (QED) is 0.188. The summed E-state index contributed by atoms with van der Waals surface area (Å²) in [7, 11) is -5.01. The molecule has 0 aliphatic carbocycles. The van der Waals surface area contributed by atoms with Crippen molar-refractivity contribution in [1.29, 1.82) is 0 Å². The number of anilines is 2. The lowest BCUT2D eigenvalue weighted by molar-refractivity contribution is 0.0662. The van der Waals surface area contributed by atoms with E-state index < -0.39 is 27.7 Å². The molecule has 3 N–H and O–H groups in total. The summed E-state index contributed by atoms with van der Waals surface area (Å²) < 4.78 is 85.3. The van der Waals surface area contributed by atoms with Crippen LogP contribution in [0.25, 0.3) is 33.2 Å². The highest BCUT2D eigenvalue weighted by Gasteiger charge is 2.27. The maximum atomic E-state index is 13.5. The monoisotopic (exact) mass is 627 g/mol. The van der Waals surface area contributed by atoms with Gasteiger partial charge in [0.1, 0.15) is 29.1 Å². The molecule has 6 rings (SSSR count). The van der Waals surface area contributed by atoms with Crippen LogP contribution in [0.5, 0.6) is 5.75 Å². The van der Waals surface area contributed by atoms with Crippen molar-refractivity contribution in [3.05, 3.63) is 78.7 Å². The van der Waals surface area contributed by atoms with Crippen LogP contribution in [0.4, 0.5) is 24.7 Å². The lowest BCUT2D eigenvalue weighted by atomic mass is 10.0. The summed E-state index contributed by atoms with van der Waals surface area (Å²) in [5.74, 6) is -3.96. The molecule has 14 heteroatoms. The highest BCUT2D eigenvalue weighted by atomic mass is 32.2. The fourth-order valence-corrected chi connectivity index (χ4v) is 5.74. The van der Waals surface area contributed by atoms with Gasteiger partial charge in [-0.1, -0.05) is 18.2 Å². The number of ether oxygens (including phenoxy) is 2. The Labute approximate surface area is 250 Å². The third kappa shape index (κ3) is 5.82. The van der Waals surface area contributed by atoms with Gasteiger partial charge in [-0.15, -0.1) is 0 Å². The molecule has 0 unspecified atom stereocenters. The molecule has 1 aliphatic heterocycles. The number of nitrogens with one attached hydrogen (secondary N) is 1. The second-order valence-corrected chi connectivity index (χ2v) is 12.0. The van der Waals surface area contributed by atoms with Crippen molar-refractivity contribution in [2.45, 2.75) is 37.7 Å². The number of aromatic nitrogens is 3. The first kappa shape index (κ1) is 29.5. The van der Waals surface area contributed by atoms with Crippen LogP contribution < -0.4 is 15.2 Å². The number of hydrogen-bond donors (Lipinski definition) is 2. The zero-order valence-electron chi connectivity index (χ0n) is 23.4. The molecule has 230 valence electrons. The first-order valence-corrected chi connectivity index (χ1v) is 15.3. The van der Waals surface area contributed by atoms with Crippen LogP contribution in [-0.2, 0) is 14.8 Å². The lowest BCUT2D eigenvalue weighted by Gasteiger charge is -2.22. The number of pyridine rings is 1. The first-order valence-electron chi connectivity index (χ1n) is 13.7. The van der Waals surface area contributed by atoms with Crippen LogP contribution >= 0.6 is 0 Å². The smallest absolute Gasteiger partial charge is 0.355 e. The second-order valence-electron chi connectivity index (χ2n) is 10.4. The molecule has 1 saturated heterocycles. The third-order valence-electron chi connectivity index (χ3n) is 7.52. The molecule has 5 aromatic rings. The molecule has 0 radical (unpaired) electrons. The SMILES string of the molecule is C[C@H](Oc1cc(-c2coc3c(-c4cnn(C5CCOCC5)c4)cnc(N)c23)ccc1NS(=O)(=O)C(F)F)c1ccc(F)cc1. The Morgan fingerprint density at radius 2 is 1.82 bits per heavy atom. The van der Waals surface area contributed by atoms with Crippen LogP contribution in [0.1, 0.15) is 37.5 Å². The van der Waals surface area contributed by atoms with Crippen molar-refractivity contribution in [2.75, 3.05) is 23.7 Å². The van der Waals surface area contributed by atoms with Gasteiger partial charge >= 0.3 is 5.76 Å². The molecule has 1 atom stereocenters. The number of benzene rings is 2. The number of fused-ring (bicyclic) bond motifs is 1. The maximum absolute atomic E-state index is 13.5. The third-order valence-corrected chi connectivity index (χ3v) is 8.50. The van der Waals surface area contributed by atoms with Gasteiger partial charge in [0, 0.05) is 42.3 Å². The van der Waals surface area contributed by atoms with Gasteiger partial charge in [0.25, 0.3) is 10.0 Å². The van der Waals surface area contributed by atoms with Crippen LogP contribution in [-0.4, -0.2) is 42.2 Å². The summed E-state index contributed by atoms with van der Waals surface area (Å²) >= 11 is 0. The van der Waals surface area contributed by atoms with E-state index in [1.807, 2.05) is 15.6 Å². The van der Waals surface area contributed by atoms with Gasteiger partial charge in [-0.3, -0.25) is 9.40 Å². The van der Waals surface area contributed by atoms with Crippen molar-refractivity contribution >= 4 is 32.5 Å². The Hall–Kier alpha value is -4.56. The lowest BCUT2D eigenvalue weighted by Crippen LogP contribution is -2.21. The Morgan fingerprint density at radius 3 is 2.55 bits per heavy atom. The number of halogens is 3. The van der Waals surface area contributed by atoms with Crippen LogP contribution in [0.15, 0.2) is 71.7 Å². The van der Waals surface area contributed by atoms with Crippen molar-refractivity contribution in [3.63, 3.8) is 0 Å². The minimum Gasteiger partial charge on any atom is -0.484 e. The number of rotatable bonds is 9. The molecule has 1 aliphatic rings. The van der Waals surface area contributed by atoms with Gasteiger partial charge < -0.3 is 19.6 Å². The molecule has 0 saturated carbocycles. The van der Waals surface area contributed by atoms with E-state index in [4.69, 9.17) is 19.6 Å². The molecule has 1 fully saturated rings. The summed E-state index contributed by atoms with van der Waals surface area (Å²) in [6.07, 6.45) is 7.77. The number of nitrogens with zero attached hydrogens (tertiary/aromatic N) is 3. The zero-order valence-corrected chi connectivity index (χ0v) is 24.2. The molecule has 0 bridgehead atoms. The van der Waals surface area contributed by atoms with Crippen molar-refractivity contribution in [3.8, 4) is 28.0 Å². The van der Waals surface area contributed by atoms with Gasteiger partial charge in [-0.05, 0) is 55.2 Å². The fourth-order valence-electron chi connectivity index (χ4n) is 5.17. The van der Waals surface area contributed by atoms with Gasteiger partial charge in [0.15, 0.2) is 0 Å². The van der Waals surface area contributed by atoms with E-state index in [1.54, 1.807) is 19.3 Å². The summed E-state index contributed by atoms with van der Waals surface area (Å²) in [5, 5.41) is 5.04. The molecule has 10 nitrogen and oxygen atoms in total. The molecule has 3 aromatic heterocycles. The van der Waals surface area contributed by atoms with Gasteiger partial charge in [-0.2, -0.15) is 13.9 Å². The maximum Gasteiger partial charge on any atom is 0.355 e. The summed E-state index contributed by atoms with van der Waals surface area (Å²) in [6, 6.07) is 10.1. The molecule has 2 aromatic carbocycles. The van der Waals surface area contributed by atoms with Gasteiger partial charge in [-0.25, -0.2) is 17.8 Å². The van der Waals surface area contributed by atoms with E-state index in [9.17, 15) is 21.6 Å². The zero-order chi connectivity index (χ0) is 31.0. The van der Waals surface area contributed by atoms with Crippen LogP contribution in [0.3, 0.4) is 0 Å². The Bertz CT molecular complexity index is 1900.